The van der Waals surface area contributed by atoms with Gasteiger partial charge in [0, 0.05) is 49.7 Å². The first-order chi connectivity index (χ1) is 21.7. The standard InChI is InChI=1S/C36H30N6O2/c43-35(31-25-41(29-17-9-3-10-18-29)37-33(31)27-13-5-1-6-14-27)39-21-23-40(24-22-39)36(44)32-26-42(30-19-11-4-12-20-30)38-34(32)28-15-7-2-8-16-28/h1-20,25-26H,21-24H2. The Hall–Kier alpha value is -5.76. The molecule has 3 heterocycles. The van der Waals surface area contributed by atoms with Gasteiger partial charge in [0.15, 0.2) is 0 Å². The predicted octanol–water partition coefficient (Wildman–Crippen LogP) is 5.99. The molecule has 216 valence electrons. The maximum absolute atomic E-state index is 13.9. The number of para-hydroxylation sites is 2. The molecule has 8 nitrogen and oxygen atoms in total. The summed E-state index contributed by atoms with van der Waals surface area (Å²) < 4.78 is 3.51. The number of carbonyl (C=O) groups is 2. The fourth-order valence-corrected chi connectivity index (χ4v) is 5.56. The summed E-state index contributed by atoms with van der Waals surface area (Å²) in [6.07, 6.45) is 3.61. The summed E-state index contributed by atoms with van der Waals surface area (Å²) in [5.74, 6) is -0.194. The number of rotatable bonds is 6. The van der Waals surface area contributed by atoms with E-state index in [9.17, 15) is 9.59 Å². The van der Waals surface area contributed by atoms with Gasteiger partial charge in [0.25, 0.3) is 11.8 Å². The van der Waals surface area contributed by atoms with Crippen LogP contribution in [0, 0.1) is 0 Å². The van der Waals surface area contributed by atoms with Gasteiger partial charge in [-0.2, -0.15) is 10.2 Å². The zero-order chi connectivity index (χ0) is 29.9. The van der Waals surface area contributed by atoms with Gasteiger partial charge >= 0.3 is 0 Å². The Morgan fingerprint density at radius 3 is 1.11 bits per heavy atom. The van der Waals surface area contributed by atoms with E-state index >= 15 is 0 Å². The molecule has 4 aromatic carbocycles. The number of piperazine rings is 1. The molecule has 1 saturated heterocycles. The smallest absolute Gasteiger partial charge is 0.257 e. The maximum Gasteiger partial charge on any atom is 0.257 e. The number of carbonyl (C=O) groups excluding carboxylic acids is 2. The van der Waals surface area contributed by atoms with Gasteiger partial charge in [-0.15, -0.1) is 0 Å². The molecule has 0 saturated carbocycles. The van der Waals surface area contributed by atoms with Gasteiger partial charge in [0.05, 0.1) is 22.5 Å². The third kappa shape index (κ3) is 5.29. The molecule has 1 fully saturated rings. The van der Waals surface area contributed by atoms with Gasteiger partial charge < -0.3 is 9.80 Å². The summed E-state index contributed by atoms with van der Waals surface area (Å²) in [5.41, 5.74) is 5.86. The molecule has 0 atom stereocenters. The normalized spacial score (nSPS) is 13.2. The molecule has 44 heavy (non-hydrogen) atoms. The Kier molecular flexibility index (Phi) is 7.30. The fourth-order valence-electron chi connectivity index (χ4n) is 5.56. The lowest BCUT2D eigenvalue weighted by atomic mass is 10.1. The highest BCUT2D eigenvalue weighted by atomic mass is 16.2. The van der Waals surface area contributed by atoms with Crippen LogP contribution < -0.4 is 0 Å². The average Bonchev–Trinajstić information content (AvgIpc) is 3.76. The van der Waals surface area contributed by atoms with Gasteiger partial charge in [-0.3, -0.25) is 9.59 Å². The predicted molar refractivity (Wildman–Crippen MR) is 170 cm³/mol. The third-order valence-electron chi connectivity index (χ3n) is 7.88. The lowest BCUT2D eigenvalue weighted by Crippen LogP contribution is -2.50. The summed E-state index contributed by atoms with van der Waals surface area (Å²) in [6.45, 7) is 1.68. The Morgan fingerprint density at radius 2 is 0.773 bits per heavy atom. The Labute approximate surface area is 255 Å². The lowest BCUT2D eigenvalue weighted by molar-refractivity contribution is 0.0536. The first-order valence-electron chi connectivity index (χ1n) is 14.7. The molecule has 0 bridgehead atoms. The zero-order valence-corrected chi connectivity index (χ0v) is 24.0. The van der Waals surface area contributed by atoms with E-state index in [1.165, 1.54) is 0 Å². The van der Waals surface area contributed by atoms with Gasteiger partial charge in [0.2, 0.25) is 0 Å². The Balaban J connectivity index is 1.13. The van der Waals surface area contributed by atoms with Crippen molar-refractivity contribution in [3.63, 3.8) is 0 Å². The van der Waals surface area contributed by atoms with Crippen LogP contribution in [-0.2, 0) is 0 Å². The van der Waals surface area contributed by atoms with Crippen LogP contribution in [0.15, 0.2) is 134 Å². The first-order valence-corrected chi connectivity index (χ1v) is 14.7. The van der Waals surface area contributed by atoms with E-state index in [4.69, 9.17) is 10.2 Å². The molecule has 6 aromatic rings. The molecule has 1 aliphatic heterocycles. The highest BCUT2D eigenvalue weighted by Gasteiger charge is 2.30. The monoisotopic (exact) mass is 578 g/mol. The fraction of sp³-hybridized carbons (Fsp3) is 0.111. The van der Waals surface area contributed by atoms with Crippen LogP contribution in [0.2, 0.25) is 0 Å². The molecule has 8 heteroatoms. The lowest BCUT2D eigenvalue weighted by Gasteiger charge is -2.34. The molecule has 0 radical (unpaired) electrons. The van der Waals surface area contributed by atoms with E-state index in [0.29, 0.717) is 48.7 Å². The van der Waals surface area contributed by atoms with Crippen LogP contribution in [0.5, 0.6) is 0 Å². The molecule has 2 amide bonds. The van der Waals surface area contributed by atoms with Crippen LogP contribution in [0.4, 0.5) is 0 Å². The number of hydrogen-bond acceptors (Lipinski definition) is 4. The summed E-state index contributed by atoms with van der Waals surface area (Å²) in [7, 11) is 0. The summed E-state index contributed by atoms with van der Waals surface area (Å²) >= 11 is 0. The van der Waals surface area contributed by atoms with Crippen molar-refractivity contribution in [1.82, 2.24) is 29.4 Å². The second-order valence-corrected chi connectivity index (χ2v) is 10.7. The van der Waals surface area contributed by atoms with Gasteiger partial charge in [0.1, 0.15) is 11.4 Å². The van der Waals surface area contributed by atoms with E-state index in [2.05, 4.69) is 0 Å². The van der Waals surface area contributed by atoms with Crippen molar-refractivity contribution in [1.29, 1.82) is 0 Å². The molecule has 0 aliphatic carbocycles. The summed E-state index contributed by atoms with van der Waals surface area (Å²) in [5, 5.41) is 9.62. The largest absolute Gasteiger partial charge is 0.335 e. The van der Waals surface area contributed by atoms with Crippen molar-refractivity contribution in [2.24, 2.45) is 0 Å². The van der Waals surface area contributed by atoms with Crippen molar-refractivity contribution >= 4 is 11.8 Å². The second-order valence-electron chi connectivity index (χ2n) is 10.7. The van der Waals surface area contributed by atoms with E-state index in [1.54, 1.807) is 9.36 Å². The molecule has 0 N–H and O–H groups in total. The van der Waals surface area contributed by atoms with Crippen molar-refractivity contribution in [2.45, 2.75) is 0 Å². The van der Waals surface area contributed by atoms with Crippen LogP contribution >= 0.6 is 0 Å². The maximum atomic E-state index is 13.9. The molecule has 1 aliphatic rings. The number of benzene rings is 4. The van der Waals surface area contributed by atoms with Crippen LogP contribution in [0.25, 0.3) is 33.9 Å². The molecular formula is C36H30N6O2. The first kappa shape index (κ1) is 27.1. The average molecular weight is 579 g/mol. The van der Waals surface area contributed by atoms with E-state index < -0.39 is 0 Å². The minimum absolute atomic E-state index is 0.0972. The minimum atomic E-state index is -0.0972. The number of nitrogens with zero attached hydrogens (tertiary/aromatic N) is 6. The van der Waals surface area contributed by atoms with Crippen LogP contribution in [-0.4, -0.2) is 67.4 Å². The van der Waals surface area contributed by atoms with E-state index in [0.717, 1.165) is 22.5 Å². The third-order valence-corrected chi connectivity index (χ3v) is 7.88. The highest BCUT2D eigenvalue weighted by Crippen LogP contribution is 2.27. The van der Waals surface area contributed by atoms with Gasteiger partial charge in [-0.05, 0) is 24.3 Å². The van der Waals surface area contributed by atoms with Crippen LogP contribution in [0.3, 0.4) is 0 Å². The number of aromatic nitrogens is 4. The van der Waals surface area contributed by atoms with Crippen LogP contribution in [0.1, 0.15) is 20.7 Å². The van der Waals surface area contributed by atoms with Crippen molar-refractivity contribution in [2.75, 3.05) is 26.2 Å². The Bertz CT molecular complexity index is 1750. The summed E-state index contributed by atoms with van der Waals surface area (Å²) in [4.78, 5) is 31.5. The quantitative estimate of drug-likeness (QED) is 0.243. The minimum Gasteiger partial charge on any atom is -0.335 e. The molecule has 0 spiro atoms. The molecule has 0 unspecified atom stereocenters. The topological polar surface area (TPSA) is 76.3 Å². The molecule has 2 aromatic heterocycles. The Morgan fingerprint density at radius 1 is 0.455 bits per heavy atom. The van der Waals surface area contributed by atoms with E-state index in [1.807, 2.05) is 144 Å². The van der Waals surface area contributed by atoms with Crippen molar-refractivity contribution < 1.29 is 9.59 Å². The summed E-state index contributed by atoms with van der Waals surface area (Å²) in [6, 6.07) is 39.1. The number of amides is 2. The molecule has 7 rings (SSSR count). The van der Waals surface area contributed by atoms with Gasteiger partial charge in [-0.1, -0.05) is 97.1 Å². The van der Waals surface area contributed by atoms with Crippen molar-refractivity contribution in [3.8, 4) is 33.9 Å². The zero-order valence-electron chi connectivity index (χ0n) is 24.0. The van der Waals surface area contributed by atoms with Crippen molar-refractivity contribution in [3.05, 3.63) is 145 Å². The second kappa shape index (κ2) is 11.9. The highest BCUT2D eigenvalue weighted by molar-refractivity contribution is 6.01. The SMILES string of the molecule is O=C(c1cn(-c2ccccc2)nc1-c1ccccc1)N1CCN(C(=O)c2cn(-c3ccccc3)nc2-c2ccccc2)CC1. The van der Waals surface area contributed by atoms with E-state index in [-0.39, 0.29) is 11.8 Å². The van der Waals surface area contributed by atoms with Gasteiger partial charge in [-0.25, -0.2) is 9.36 Å². The molecular weight excluding hydrogens is 548 g/mol. The number of hydrogen-bond donors (Lipinski definition) is 0.